The van der Waals surface area contributed by atoms with Gasteiger partial charge >= 0.3 is 0 Å². The van der Waals surface area contributed by atoms with Crippen LogP contribution in [0.3, 0.4) is 0 Å². The third kappa shape index (κ3) is 4.49. The van der Waals surface area contributed by atoms with Gasteiger partial charge in [-0.2, -0.15) is 0 Å². The SMILES string of the molecule is CC(NC(=O)CCC(=O)c1ccc2c(c1)CCC2)c1cccc(Cl)c1. The number of carbonyl (C=O) groups is 2. The van der Waals surface area contributed by atoms with Gasteiger partial charge in [-0.15, -0.1) is 0 Å². The van der Waals surface area contributed by atoms with E-state index in [1.165, 1.54) is 11.1 Å². The molecule has 1 atom stereocenters. The Morgan fingerprint density at radius 2 is 1.88 bits per heavy atom. The molecule has 2 aromatic rings. The summed E-state index contributed by atoms with van der Waals surface area (Å²) >= 11 is 5.98. The minimum absolute atomic E-state index is 0.0280. The second-order valence-corrected chi connectivity index (χ2v) is 7.04. The lowest BCUT2D eigenvalue weighted by Crippen LogP contribution is -2.27. The maximum absolute atomic E-state index is 12.4. The maximum Gasteiger partial charge on any atom is 0.220 e. The molecule has 0 aromatic heterocycles. The molecule has 1 unspecified atom stereocenters. The Bertz CT molecular complexity index is 800. The Morgan fingerprint density at radius 3 is 2.68 bits per heavy atom. The highest BCUT2D eigenvalue weighted by Gasteiger charge is 2.16. The second kappa shape index (κ2) is 7.83. The number of hydrogen-bond acceptors (Lipinski definition) is 2. The normalized spacial score (nSPS) is 14.0. The van der Waals surface area contributed by atoms with Gasteiger partial charge in [0.2, 0.25) is 5.91 Å². The van der Waals surface area contributed by atoms with Crippen LogP contribution < -0.4 is 5.32 Å². The molecule has 0 bridgehead atoms. The second-order valence-electron chi connectivity index (χ2n) is 6.60. The maximum atomic E-state index is 12.4. The number of fused-ring (bicyclic) bond motifs is 1. The van der Waals surface area contributed by atoms with Gasteiger partial charge in [0.05, 0.1) is 6.04 Å². The first-order valence-electron chi connectivity index (χ1n) is 8.73. The van der Waals surface area contributed by atoms with Crippen molar-refractivity contribution in [3.63, 3.8) is 0 Å². The van der Waals surface area contributed by atoms with Crippen LogP contribution in [0.15, 0.2) is 42.5 Å². The van der Waals surface area contributed by atoms with Crippen molar-refractivity contribution in [1.82, 2.24) is 5.32 Å². The summed E-state index contributed by atoms with van der Waals surface area (Å²) in [6, 6.07) is 13.2. The Balaban J connectivity index is 1.52. The van der Waals surface area contributed by atoms with Gasteiger partial charge in [0.25, 0.3) is 0 Å². The van der Waals surface area contributed by atoms with Gasteiger partial charge in [-0.05, 0) is 61.1 Å². The molecule has 1 amide bonds. The number of carbonyl (C=O) groups excluding carboxylic acids is 2. The van der Waals surface area contributed by atoms with E-state index in [0.29, 0.717) is 5.02 Å². The van der Waals surface area contributed by atoms with Gasteiger partial charge in [-0.3, -0.25) is 9.59 Å². The molecule has 0 spiro atoms. The lowest BCUT2D eigenvalue weighted by Gasteiger charge is -2.14. The molecule has 1 N–H and O–H groups in total. The minimum Gasteiger partial charge on any atom is -0.350 e. The first kappa shape index (κ1) is 17.7. The molecule has 25 heavy (non-hydrogen) atoms. The van der Waals surface area contributed by atoms with Crippen molar-refractivity contribution < 1.29 is 9.59 Å². The van der Waals surface area contributed by atoms with E-state index in [2.05, 4.69) is 11.4 Å². The van der Waals surface area contributed by atoms with Crippen LogP contribution in [0.2, 0.25) is 5.02 Å². The third-order valence-corrected chi connectivity index (χ3v) is 4.96. The molecule has 1 aliphatic rings. The Morgan fingerprint density at radius 1 is 1.08 bits per heavy atom. The van der Waals surface area contributed by atoms with Gasteiger partial charge in [0.1, 0.15) is 0 Å². The lowest BCUT2D eigenvalue weighted by atomic mass is 10.0. The highest BCUT2D eigenvalue weighted by atomic mass is 35.5. The molecular weight excluding hydrogens is 334 g/mol. The summed E-state index contributed by atoms with van der Waals surface area (Å²) in [7, 11) is 0. The average molecular weight is 356 g/mol. The van der Waals surface area contributed by atoms with Crippen molar-refractivity contribution in [3.8, 4) is 0 Å². The molecule has 3 rings (SSSR count). The fourth-order valence-electron chi connectivity index (χ4n) is 3.29. The fraction of sp³-hybridized carbons (Fsp3) is 0.333. The molecule has 0 aliphatic heterocycles. The van der Waals surface area contributed by atoms with E-state index >= 15 is 0 Å². The van der Waals surface area contributed by atoms with Crippen LogP contribution in [0.4, 0.5) is 0 Å². The van der Waals surface area contributed by atoms with Gasteiger partial charge in [0, 0.05) is 23.4 Å². The zero-order chi connectivity index (χ0) is 17.8. The van der Waals surface area contributed by atoms with Gasteiger partial charge in [0.15, 0.2) is 5.78 Å². The van der Waals surface area contributed by atoms with Crippen molar-refractivity contribution in [2.24, 2.45) is 0 Å². The number of nitrogens with one attached hydrogen (secondary N) is 1. The molecule has 0 heterocycles. The van der Waals surface area contributed by atoms with Gasteiger partial charge in [-0.1, -0.05) is 35.9 Å². The summed E-state index contributed by atoms with van der Waals surface area (Å²) in [5.41, 5.74) is 4.30. The number of Topliss-reactive ketones (excluding diaryl/α,β-unsaturated/α-hetero) is 1. The lowest BCUT2D eigenvalue weighted by molar-refractivity contribution is -0.121. The first-order valence-corrected chi connectivity index (χ1v) is 9.10. The van der Waals surface area contributed by atoms with E-state index < -0.39 is 0 Å². The number of amides is 1. The molecule has 0 radical (unpaired) electrons. The summed E-state index contributed by atoms with van der Waals surface area (Å²) in [6.45, 7) is 1.91. The molecule has 4 heteroatoms. The van der Waals surface area contributed by atoms with E-state index in [0.717, 1.165) is 30.4 Å². The van der Waals surface area contributed by atoms with Crippen LogP contribution in [0.25, 0.3) is 0 Å². The first-order chi connectivity index (χ1) is 12.0. The summed E-state index contributed by atoms with van der Waals surface area (Å²) in [6.07, 6.45) is 3.74. The standard InChI is InChI=1S/C21H22ClNO2/c1-14(16-5-3-7-19(22)13-16)23-21(25)11-10-20(24)18-9-8-15-4-2-6-17(15)12-18/h3,5,7-9,12-14H,2,4,6,10-11H2,1H3,(H,23,25). The zero-order valence-electron chi connectivity index (χ0n) is 14.3. The molecular formula is C21H22ClNO2. The molecule has 0 saturated heterocycles. The monoisotopic (exact) mass is 355 g/mol. The smallest absolute Gasteiger partial charge is 0.220 e. The Kier molecular flexibility index (Phi) is 5.54. The van der Waals surface area contributed by atoms with Crippen molar-refractivity contribution in [3.05, 3.63) is 69.7 Å². The summed E-state index contributed by atoms with van der Waals surface area (Å²) in [5.74, 6) is -0.0951. The van der Waals surface area contributed by atoms with Crippen molar-refractivity contribution >= 4 is 23.3 Å². The van der Waals surface area contributed by atoms with Crippen LogP contribution >= 0.6 is 11.6 Å². The molecule has 0 saturated carbocycles. The largest absolute Gasteiger partial charge is 0.350 e. The number of rotatable bonds is 6. The van der Waals surface area contributed by atoms with Crippen LogP contribution in [-0.2, 0) is 17.6 Å². The van der Waals surface area contributed by atoms with Crippen LogP contribution in [0, 0.1) is 0 Å². The zero-order valence-corrected chi connectivity index (χ0v) is 15.1. The van der Waals surface area contributed by atoms with Gasteiger partial charge in [-0.25, -0.2) is 0 Å². The summed E-state index contributed by atoms with van der Waals surface area (Å²) < 4.78 is 0. The van der Waals surface area contributed by atoms with E-state index in [1.54, 1.807) is 6.07 Å². The Labute approximate surface area is 153 Å². The number of hydrogen-bond donors (Lipinski definition) is 1. The third-order valence-electron chi connectivity index (χ3n) is 4.73. The van der Waals surface area contributed by atoms with Crippen LogP contribution in [-0.4, -0.2) is 11.7 Å². The average Bonchev–Trinajstić information content (AvgIpc) is 3.07. The fourth-order valence-corrected chi connectivity index (χ4v) is 3.49. The molecule has 2 aromatic carbocycles. The van der Waals surface area contributed by atoms with E-state index in [-0.39, 0.29) is 30.6 Å². The quantitative estimate of drug-likeness (QED) is 0.765. The predicted molar refractivity (Wildman–Crippen MR) is 100 cm³/mol. The molecule has 1 aliphatic carbocycles. The van der Waals surface area contributed by atoms with Crippen molar-refractivity contribution in [2.45, 2.75) is 45.1 Å². The van der Waals surface area contributed by atoms with E-state index in [9.17, 15) is 9.59 Å². The van der Waals surface area contributed by atoms with E-state index in [4.69, 9.17) is 11.6 Å². The van der Waals surface area contributed by atoms with Crippen molar-refractivity contribution in [1.29, 1.82) is 0 Å². The minimum atomic E-state index is -0.138. The highest BCUT2D eigenvalue weighted by Crippen LogP contribution is 2.23. The topological polar surface area (TPSA) is 46.2 Å². The summed E-state index contributed by atoms with van der Waals surface area (Å²) in [5, 5.41) is 3.57. The highest BCUT2D eigenvalue weighted by molar-refractivity contribution is 6.30. The van der Waals surface area contributed by atoms with Crippen LogP contribution in [0.5, 0.6) is 0 Å². The number of benzene rings is 2. The molecule has 130 valence electrons. The van der Waals surface area contributed by atoms with Crippen molar-refractivity contribution in [2.75, 3.05) is 0 Å². The Hall–Kier alpha value is -2.13. The molecule has 3 nitrogen and oxygen atoms in total. The number of ketones is 1. The predicted octanol–water partition coefficient (Wildman–Crippen LogP) is 4.67. The summed E-state index contributed by atoms with van der Waals surface area (Å²) in [4.78, 5) is 24.5. The number of halogens is 1. The number of aryl methyl sites for hydroxylation is 2. The van der Waals surface area contributed by atoms with E-state index in [1.807, 2.05) is 37.3 Å². The van der Waals surface area contributed by atoms with Gasteiger partial charge < -0.3 is 5.32 Å². The van der Waals surface area contributed by atoms with Crippen LogP contribution in [0.1, 0.15) is 59.3 Å². The molecule has 0 fully saturated rings.